The molecule has 104 valence electrons. The van der Waals surface area contributed by atoms with E-state index in [1.165, 1.54) is 18.2 Å². The van der Waals surface area contributed by atoms with Crippen molar-refractivity contribution in [1.82, 2.24) is 20.2 Å². The number of hydrogen-bond donors (Lipinski definition) is 1. The summed E-state index contributed by atoms with van der Waals surface area (Å²) in [7, 11) is 0. The Morgan fingerprint density at radius 3 is 2.95 bits per heavy atom. The van der Waals surface area contributed by atoms with Crippen LogP contribution in [0.4, 0.5) is 0 Å². The number of tetrazole rings is 1. The fourth-order valence-corrected chi connectivity index (χ4v) is 2.04. The van der Waals surface area contributed by atoms with Gasteiger partial charge in [0, 0.05) is 0 Å². The first-order valence-corrected chi connectivity index (χ1v) is 6.45. The van der Waals surface area contributed by atoms with E-state index in [9.17, 15) is 4.79 Å². The number of hydrogen-bond acceptors (Lipinski definition) is 5. The zero-order valence-electron chi connectivity index (χ0n) is 10.4. The quantitative estimate of drug-likeness (QED) is 0.906. The lowest BCUT2D eigenvalue weighted by Gasteiger charge is -2.08. The molecule has 8 heteroatoms. The van der Waals surface area contributed by atoms with Crippen molar-refractivity contribution >= 4 is 17.6 Å². The first-order chi connectivity index (χ1) is 9.65. The third-order valence-corrected chi connectivity index (χ3v) is 3.28. The van der Waals surface area contributed by atoms with Crippen LogP contribution in [-0.2, 0) is 6.61 Å². The Morgan fingerprint density at radius 2 is 2.30 bits per heavy atom. The van der Waals surface area contributed by atoms with Crippen LogP contribution in [0, 0.1) is 0 Å². The maximum absolute atomic E-state index is 10.8. The average molecular weight is 295 g/mol. The minimum absolute atomic E-state index is 0.116. The zero-order chi connectivity index (χ0) is 14.1. The molecule has 0 spiro atoms. The fourth-order valence-electron chi connectivity index (χ4n) is 1.80. The van der Waals surface area contributed by atoms with Gasteiger partial charge in [0.05, 0.1) is 16.6 Å². The van der Waals surface area contributed by atoms with Crippen LogP contribution in [0.3, 0.4) is 0 Å². The van der Waals surface area contributed by atoms with E-state index in [4.69, 9.17) is 21.4 Å². The van der Waals surface area contributed by atoms with Gasteiger partial charge in [0.2, 0.25) is 0 Å². The number of halogens is 1. The van der Waals surface area contributed by atoms with Crippen molar-refractivity contribution in [3.63, 3.8) is 0 Å². The molecule has 0 saturated heterocycles. The van der Waals surface area contributed by atoms with Crippen LogP contribution < -0.4 is 4.74 Å². The molecule has 1 aromatic heterocycles. The highest BCUT2D eigenvalue weighted by molar-refractivity contribution is 6.32. The van der Waals surface area contributed by atoms with Crippen molar-refractivity contribution in [2.45, 2.75) is 25.5 Å². The van der Waals surface area contributed by atoms with E-state index in [0.29, 0.717) is 17.6 Å². The minimum Gasteiger partial charge on any atom is -0.484 e. The molecule has 0 radical (unpaired) electrons. The summed E-state index contributed by atoms with van der Waals surface area (Å²) in [5, 5.41) is 20.6. The Balaban J connectivity index is 1.71. The molecular formula is C12H11ClN4O3. The molecule has 0 aliphatic heterocycles. The SMILES string of the molecule is O=C(O)c1ccc(OCc2nnnn2C2CC2)c(Cl)c1. The van der Waals surface area contributed by atoms with E-state index in [1.807, 2.05) is 0 Å². The Hall–Kier alpha value is -2.15. The molecular weight excluding hydrogens is 284 g/mol. The summed E-state index contributed by atoms with van der Waals surface area (Å²) >= 11 is 5.98. The Bertz CT molecular complexity index is 654. The molecule has 20 heavy (non-hydrogen) atoms. The number of carboxylic acid groups (broad SMARTS) is 1. The van der Waals surface area contributed by atoms with Crippen molar-refractivity contribution in [1.29, 1.82) is 0 Å². The van der Waals surface area contributed by atoms with Crippen LogP contribution in [0.5, 0.6) is 5.75 Å². The van der Waals surface area contributed by atoms with E-state index in [2.05, 4.69) is 15.5 Å². The second-order valence-electron chi connectivity index (χ2n) is 4.51. The van der Waals surface area contributed by atoms with Crippen LogP contribution in [0.1, 0.15) is 35.1 Å². The Kier molecular flexibility index (Phi) is 3.27. The molecule has 1 saturated carbocycles. The normalized spacial score (nSPS) is 14.2. The van der Waals surface area contributed by atoms with Crippen LogP contribution in [-0.4, -0.2) is 31.3 Å². The topological polar surface area (TPSA) is 90.1 Å². The molecule has 3 rings (SSSR count). The lowest BCUT2D eigenvalue weighted by Crippen LogP contribution is -2.07. The first kappa shape index (κ1) is 12.9. The number of benzene rings is 1. The van der Waals surface area contributed by atoms with E-state index in [0.717, 1.165) is 12.8 Å². The van der Waals surface area contributed by atoms with Gasteiger partial charge in [0.1, 0.15) is 12.4 Å². The molecule has 2 aromatic rings. The molecule has 1 aliphatic rings. The molecule has 1 heterocycles. The molecule has 1 N–H and O–H groups in total. The van der Waals surface area contributed by atoms with Gasteiger partial charge in [-0.25, -0.2) is 9.48 Å². The number of aromatic nitrogens is 4. The molecule has 0 unspecified atom stereocenters. The molecule has 0 amide bonds. The van der Waals surface area contributed by atoms with E-state index in [-0.39, 0.29) is 17.2 Å². The van der Waals surface area contributed by atoms with Crippen LogP contribution in [0.25, 0.3) is 0 Å². The first-order valence-electron chi connectivity index (χ1n) is 6.07. The summed E-state index contributed by atoms with van der Waals surface area (Å²) in [6.45, 7) is 0.190. The average Bonchev–Trinajstić information content (AvgIpc) is 3.16. The molecule has 0 atom stereocenters. The van der Waals surface area contributed by atoms with E-state index < -0.39 is 5.97 Å². The number of aromatic carboxylic acids is 1. The lowest BCUT2D eigenvalue weighted by molar-refractivity contribution is 0.0697. The second kappa shape index (κ2) is 5.09. The molecule has 7 nitrogen and oxygen atoms in total. The number of ether oxygens (including phenoxy) is 1. The van der Waals surface area contributed by atoms with Gasteiger partial charge in [-0.1, -0.05) is 11.6 Å². The number of carboxylic acids is 1. The monoisotopic (exact) mass is 294 g/mol. The zero-order valence-corrected chi connectivity index (χ0v) is 11.1. The van der Waals surface area contributed by atoms with Gasteiger partial charge in [0.25, 0.3) is 0 Å². The number of carbonyl (C=O) groups is 1. The summed E-state index contributed by atoms with van der Waals surface area (Å²) in [5.41, 5.74) is 0.116. The van der Waals surface area contributed by atoms with Crippen molar-refractivity contribution in [2.24, 2.45) is 0 Å². The predicted octanol–water partition coefficient (Wildman–Crippen LogP) is 1.94. The molecule has 0 bridgehead atoms. The third kappa shape index (κ3) is 2.57. The molecule has 1 aromatic carbocycles. The Morgan fingerprint density at radius 1 is 1.50 bits per heavy atom. The van der Waals surface area contributed by atoms with Gasteiger partial charge in [0.15, 0.2) is 5.82 Å². The van der Waals surface area contributed by atoms with Gasteiger partial charge in [-0.05, 0) is 41.5 Å². The standard InChI is InChI=1S/C12H11ClN4O3/c13-9-5-7(12(18)19)1-4-10(9)20-6-11-14-15-16-17(11)8-2-3-8/h1,4-5,8H,2-3,6H2,(H,18,19). The fraction of sp³-hybridized carbons (Fsp3) is 0.333. The molecule has 1 aliphatic carbocycles. The maximum Gasteiger partial charge on any atom is 0.335 e. The smallest absolute Gasteiger partial charge is 0.335 e. The minimum atomic E-state index is -1.03. The van der Waals surface area contributed by atoms with Crippen molar-refractivity contribution in [3.05, 3.63) is 34.6 Å². The van der Waals surface area contributed by atoms with Gasteiger partial charge in [-0.2, -0.15) is 0 Å². The highest BCUT2D eigenvalue weighted by Crippen LogP contribution is 2.34. The summed E-state index contributed by atoms with van der Waals surface area (Å²) in [5.74, 6) is 0.00372. The highest BCUT2D eigenvalue weighted by Gasteiger charge is 2.27. The van der Waals surface area contributed by atoms with E-state index >= 15 is 0 Å². The van der Waals surface area contributed by atoms with Gasteiger partial charge in [-0.15, -0.1) is 5.10 Å². The number of rotatable bonds is 5. The van der Waals surface area contributed by atoms with Gasteiger partial charge in [-0.3, -0.25) is 0 Å². The van der Waals surface area contributed by atoms with Gasteiger partial charge < -0.3 is 9.84 Å². The van der Waals surface area contributed by atoms with Crippen LogP contribution in [0.2, 0.25) is 5.02 Å². The number of nitrogens with zero attached hydrogens (tertiary/aromatic N) is 4. The summed E-state index contributed by atoms with van der Waals surface area (Å²) < 4.78 is 7.30. The van der Waals surface area contributed by atoms with Crippen molar-refractivity contribution in [3.8, 4) is 5.75 Å². The second-order valence-corrected chi connectivity index (χ2v) is 4.92. The van der Waals surface area contributed by atoms with Crippen LogP contribution >= 0.6 is 11.6 Å². The third-order valence-electron chi connectivity index (χ3n) is 2.99. The summed E-state index contributed by atoms with van der Waals surface area (Å²) in [6.07, 6.45) is 2.15. The molecule has 1 fully saturated rings. The largest absolute Gasteiger partial charge is 0.484 e. The highest BCUT2D eigenvalue weighted by atomic mass is 35.5. The van der Waals surface area contributed by atoms with Crippen molar-refractivity contribution < 1.29 is 14.6 Å². The summed E-state index contributed by atoms with van der Waals surface area (Å²) in [6, 6.07) is 4.68. The predicted molar refractivity (Wildman–Crippen MR) is 68.8 cm³/mol. The Labute approximate surface area is 119 Å². The van der Waals surface area contributed by atoms with Gasteiger partial charge >= 0.3 is 5.97 Å². The van der Waals surface area contributed by atoms with E-state index in [1.54, 1.807) is 4.68 Å². The summed E-state index contributed by atoms with van der Waals surface area (Å²) in [4.78, 5) is 10.8. The lowest BCUT2D eigenvalue weighted by atomic mass is 10.2. The van der Waals surface area contributed by atoms with Crippen molar-refractivity contribution in [2.75, 3.05) is 0 Å². The van der Waals surface area contributed by atoms with Crippen LogP contribution in [0.15, 0.2) is 18.2 Å². The maximum atomic E-state index is 10.8.